The third-order valence-electron chi connectivity index (χ3n) is 6.95. The average Bonchev–Trinajstić information content (AvgIpc) is 3.16. The summed E-state index contributed by atoms with van der Waals surface area (Å²) in [5.74, 6) is 0. The first-order chi connectivity index (χ1) is 23.3. The molecule has 0 aliphatic heterocycles. The Morgan fingerprint density at radius 2 is 0.617 bits per heavy atom. The molecule has 0 saturated heterocycles. The number of benzene rings is 6. The topological polar surface area (TPSA) is 12.9 Å². The molecule has 0 unspecified atom stereocenters. The van der Waals surface area contributed by atoms with Crippen LogP contribution in [0.5, 0.6) is 0 Å². The molecule has 0 amide bonds. The Morgan fingerprint density at radius 3 is 0.766 bits per heavy atom. The average molecular weight is 872 g/mol. The van der Waals surface area contributed by atoms with Crippen molar-refractivity contribution in [1.29, 1.82) is 0 Å². The number of aromatic nitrogens is 1. The summed E-state index contributed by atoms with van der Waals surface area (Å²) < 4.78 is 0. The van der Waals surface area contributed by atoms with E-state index in [0.29, 0.717) is 5.15 Å². The molecule has 0 fully saturated rings. The van der Waals surface area contributed by atoms with Crippen molar-refractivity contribution >= 4 is 78.8 Å². The van der Waals surface area contributed by atoms with Crippen LogP contribution in [0.2, 0.25) is 5.15 Å². The summed E-state index contributed by atoms with van der Waals surface area (Å²) >= 11 is 10.1. The third-order valence-corrected chi connectivity index (χ3v) is 12.6. The summed E-state index contributed by atoms with van der Waals surface area (Å²) in [6.45, 7) is 0. The van der Waals surface area contributed by atoms with Gasteiger partial charge in [-0.2, -0.15) is 12.1 Å². The van der Waals surface area contributed by atoms with E-state index >= 15 is 0 Å². The molecule has 236 valence electrons. The minimum absolute atomic E-state index is 0.488. The molecule has 7 rings (SSSR count). The van der Waals surface area contributed by atoms with Gasteiger partial charge in [-0.25, -0.2) is 0 Å². The van der Waals surface area contributed by atoms with E-state index in [9.17, 15) is 0 Å². The smallest absolute Gasteiger partial charge is 0.0620 e. The first-order valence-electron chi connectivity index (χ1n) is 15.0. The molecule has 1 heterocycles. The van der Waals surface area contributed by atoms with Gasteiger partial charge < -0.3 is 4.98 Å². The molecule has 0 radical (unpaired) electrons. The Kier molecular flexibility index (Phi) is 17.1. The zero-order valence-electron chi connectivity index (χ0n) is 25.6. The second-order valence-electron chi connectivity index (χ2n) is 10.0. The molecule has 0 atom stereocenters. The van der Waals surface area contributed by atoms with Crippen molar-refractivity contribution in [3.63, 3.8) is 0 Å². The van der Waals surface area contributed by atoms with E-state index in [1.807, 2.05) is 19.5 Å². The van der Waals surface area contributed by atoms with E-state index in [-0.39, 0.29) is 0 Å². The van der Waals surface area contributed by atoms with Gasteiger partial charge in [0.2, 0.25) is 0 Å². The number of rotatable bonds is 6. The predicted molar refractivity (Wildman–Crippen MR) is 215 cm³/mol. The molecule has 0 saturated carbocycles. The van der Waals surface area contributed by atoms with Crippen molar-refractivity contribution in [2.24, 2.45) is 0 Å². The molecular weight excluding hydrogens is 837 g/mol. The maximum absolute atomic E-state index is 5.40. The van der Waals surface area contributed by atoms with Crippen LogP contribution in [0, 0.1) is 6.20 Å². The van der Waals surface area contributed by atoms with Gasteiger partial charge in [-0.05, 0) is 72.8 Å². The normalized spacial score (nSPS) is 10.0. The first kappa shape index (κ1) is 36.8. The molecule has 1 nitrogen and oxygen atoms in total. The fourth-order valence-electron chi connectivity index (χ4n) is 4.94. The Balaban J connectivity index is 0.000000170. The number of hydrogen-bond acceptors (Lipinski definition) is 1. The summed E-state index contributed by atoms with van der Waals surface area (Å²) in [7, 11) is -1.75. The first-order valence-corrected chi connectivity index (χ1v) is 23.0. The van der Waals surface area contributed by atoms with Gasteiger partial charge in [-0.15, -0.1) is 17.7 Å². The van der Waals surface area contributed by atoms with E-state index in [0.717, 1.165) is 0 Å². The van der Waals surface area contributed by atoms with E-state index < -0.39 is 15.8 Å². The standard InChI is InChI=1S/2C18H15P.C5H3ClN.HI.Pd/c2*1-4-10-16(11-5-1)19(17-12-6-2-7-13-17)18-14-8-3-9-15-18;6-5-3-1-2-4-7-5;;/h2*1-15H;1-3H;1H;/q;;-1;;+2/p+1. The van der Waals surface area contributed by atoms with Gasteiger partial charge in [0.25, 0.3) is 0 Å². The number of pyridine rings is 1. The van der Waals surface area contributed by atoms with Crippen molar-refractivity contribution in [2.45, 2.75) is 0 Å². The van der Waals surface area contributed by atoms with Gasteiger partial charge in [0.15, 0.2) is 0 Å². The Labute approximate surface area is 308 Å². The molecule has 0 aliphatic rings. The fourth-order valence-corrected chi connectivity index (χ4v) is 10.2. The van der Waals surface area contributed by atoms with Crippen LogP contribution in [-0.4, -0.2) is 4.98 Å². The van der Waals surface area contributed by atoms with E-state index in [4.69, 9.17) is 11.6 Å². The molecule has 0 aliphatic carbocycles. The Hall–Kier alpha value is -2.99. The van der Waals surface area contributed by atoms with Gasteiger partial charge in [-0.3, -0.25) is 0 Å². The summed E-state index contributed by atoms with van der Waals surface area (Å²) in [6.07, 6.45) is 2.58. The zero-order valence-corrected chi connectivity index (χ0v) is 32.0. The quantitative estimate of drug-likeness (QED) is 0.0536. The number of nitrogens with zero attached hydrogens (tertiary/aromatic N) is 1. The van der Waals surface area contributed by atoms with Gasteiger partial charge in [0.1, 0.15) is 31.8 Å². The monoisotopic (exact) mass is 871 g/mol. The molecule has 6 heteroatoms. The number of hydrogen-bond donors (Lipinski definition) is 0. The fraction of sp³-hybridized carbons (Fsp3) is 0. The van der Waals surface area contributed by atoms with Gasteiger partial charge in [0.05, 0.1) is 15.8 Å². The SMILES string of the molecule is Clc1ccc[c-]n1.[Pd+][I].c1ccc([PH+](c2ccccc2)c2ccccc2)cc1.c1ccc([PH+](c2ccccc2)c2ccccc2)cc1. The van der Waals surface area contributed by atoms with Crippen molar-refractivity contribution in [1.82, 2.24) is 4.98 Å². The molecule has 0 spiro atoms. The summed E-state index contributed by atoms with van der Waals surface area (Å²) in [5.41, 5.74) is 0. The van der Waals surface area contributed by atoms with E-state index in [1.165, 1.54) is 31.8 Å². The van der Waals surface area contributed by atoms with Crippen molar-refractivity contribution in [3.8, 4) is 0 Å². The van der Waals surface area contributed by atoms with Crippen molar-refractivity contribution in [2.75, 3.05) is 0 Å². The summed E-state index contributed by atoms with van der Waals surface area (Å²) in [4.78, 5) is 3.62. The van der Waals surface area contributed by atoms with Crippen LogP contribution in [0.15, 0.2) is 200 Å². The second-order valence-corrected chi connectivity index (χ2v) is 15.4. The van der Waals surface area contributed by atoms with Crippen LogP contribution in [0.3, 0.4) is 0 Å². The van der Waals surface area contributed by atoms with Crippen LogP contribution >= 0.6 is 47.0 Å². The largest absolute Gasteiger partial charge is 0.102 e. The van der Waals surface area contributed by atoms with Gasteiger partial charge in [0, 0.05) is 5.15 Å². The van der Waals surface area contributed by atoms with Gasteiger partial charge in [-0.1, -0.05) is 115 Å². The molecule has 0 bridgehead atoms. The maximum Gasteiger partial charge on any atom is 0.102 e. The van der Waals surface area contributed by atoms with Crippen LogP contribution in [0.4, 0.5) is 0 Å². The zero-order chi connectivity index (χ0) is 32.9. The van der Waals surface area contributed by atoms with Crippen LogP contribution in [-0.2, 0) is 15.6 Å². The van der Waals surface area contributed by atoms with E-state index in [1.54, 1.807) is 18.2 Å². The van der Waals surface area contributed by atoms with Crippen LogP contribution in [0.25, 0.3) is 0 Å². The summed E-state index contributed by atoms with van der Waals surface area (Å²) in [5, 5.41) is 9.10. The predicted octanol–water partition coefficient (Wildman–Crippen LogP) is 8.77. The van der Waals surface area contributed by atoms with Crippen LogP contribution < -0.4 is 31.8 Å². The molecular formula is C41H35ClINP2Pd+2. The molecule has 47 heavy (non-hydrogen) atoms. The number of halogens is 2. The molecule has 1 aromatic heterocycles. The minimum Gasteiger partial charge on any atom is -0.0620 e. The summed E-state index contributed by atoms with van der Waals surface area (Å²) in [6, 6.07) is 70.2. The second kappa shape index (κ2) is 21.8. The van der Waals surface area contributed by atoms with Crippen molar-refractivity contribution < 1.29 is 15.6 Å². The maximum atomic E-state index is 5.40. The Bertz CT molecular complexity index is 1480. The molecule has 6 aromatic carbocycles. The van der Waals surface area contributed by atoms with E-state index in [2.05, 4.69) is 209 Å². The van der Waals surface area contributed by atoms with Crippen molar-refractivity contribution in [3.05, 3.63) is 212 Å². The minimum atomic E-state index is -0.877. The Morgan fingerprint density at radius 1 is 0.383 bits per heavy atom. The van der Waals surface area contributed by atoms with Crippen LogP contribution in [0.1, 0.15) is 0 Å². The molecule has 7 aromatic rings. The van der Waals surface area contributed by atoms with Gasteiger partial charge >= 0.3 is 35.1 Å². The molecule has 0 N–H and O–H groups in total. The third kappa shape index (κ3) is 12.2.